The molecule has 0 heterocycles. The zero-order valence-electron chi connectivity index (χ0n) is 8.34. The molecule has 0 saturated heterocycles. The number of carboxylic acids is 1. The Morgan fingerprint density at radius 2 is 2.25 bits per heavy atom. The largest absolute Gasteiger partial charge is 0.478 e. The molecule has 0 aliphatic carbocycles. The Labute approximate surface area is 91.4 Å². The molecule has 0 spiro atoms. The Morgan fingerprint density at radius 1 is 1.56 bits per heavy atom. The van der Waals surface area contributed by atoms with Crippen LogP contribution in [0.2, 0.25) is 0 Å². The SMILES string of the molecule is C=CCNc1cc(C(=O)O)cc([N+](=O)[O-])c1. The summed E-state index contributed by atoms with van der Waals surface area (Å²) in [7, 11) is 0. The Hall–Kier alpha value is -2.37. The highest BCUT2D eigenvalue weighted by molar-refractivity contribution is 5.89. The average molecular weight is 222 g/mol. The highest BCUT2D eigenvalue weighted by Gasteiger charge is 2.13. The minimum atomic E-state index is -1.20. The van der Waals surface area contributed by atoms with Crippen molar-refractivity contribution in [3.05, 3.63) is 46.5 Å². The first kappa shape index (κ1) is 11.7. The summed E-state index contributed by atoms with van der Waals surface area (Å²) < 4.78 is 0. The normalized spacial score (nSPS) is 9.50. The number of carboxylic acid groups (broad SMARTS) is 1. The van der Waals surface area contributed by atoms with Gasteiger partial charge >= 0.3 is 5.97 Å². The molecule has 0 aromatic heterocycles. The van der Waals surface area contributed by atoms with E-state index >= 15 is 0 Å². The van der Waals surface area contributed by atoms with Gasteiger partial charge in [0.1, 0.15) is 0 Å². The molecule has 0 atom stereocenters. The van der Waals surface area contributed by atoms with E-state index in [1.54, 1.807) is 6.08 Å². The smallest absolute Gasteiger partial charge is 0.336 e. The van der Waals surface area contributed by atoms with Gasteiger partial charge in [0.05, 0.1) is 10.5 Å². The molecule has 6 nitrogen and oxygen atoms in total. The summed E-state index contributed by atoms with van der Waals surface area (Å²) in [4.78, 5) is 20.7. The Balaban J connectivity index is 3.13. The number of aromatic carboxylic acids is 1. The standard InChI is InChI=1S/C10H10N2O4/c1-2-3-11-8-4-7(10(13)14)5-9(6-8)12(15)16/h2,4-6,11H,1,3H2,(H,13,14). The second kappa shape index (κ2) is 4.92. The van der Waals surface area contributed by atoms with Crippen LogP contribution in [0.25, 0.3) is 0 Å². The number of nitro benzene ring substituents is 1. The fraction of sp³-hybridized carbons (Fsp3) is 0.100. The van der Waals surface area contributed by atoms with Crippen molar-refractivity contribution in [2.24, 2.45) is 0 Å². The van der Waals surface area contributed by atoms with E-state index < -0.39 is 10.9 Å². The van der Waals surface area contributed by atoms with Crippen molar-refractivity contribution in [3.8, 4) is 0 Å². The quantitative estimate of drug-likeness (QED) is 0.451. The molecule has 0 aliphatic rings. The molecule has 84 valence electrons. The zero-order valence-corrected chi connectivity index (χ0v) is 8.34. The van der Waals surface area contributed by atoms with Gasteiger partial charge in [-0.1, -0.05) is 6.08 Å². The van der Waals surface area contributed by atoms with E-state index in [0.717, 1.165) is 6.07 Å². The third-order valence-electron chi connectivity index (χ3n) is 1.83. The molecule has 0 fully saturated rings. The summed E-state index contributed by atoms with van der Waals surface area (Å²) in [5, 5.41) is 22.1. The molecule has 1 rings (SSSR count). The molecule has 16 heavy (non-hydrogen) atoms. The van der Waals surface area contributed by atoms with Crippen LogP contribution in [0.4, 0.5) is 11.4 Å². The number of hydrogen-bond donors (Lipinski definition) is 2. The minimum Gasteiger partial charge on any atom is -0.478 e. The summed E-state index contributed by atoms with van der Waals surface area (Å²) in [5.41, 5.74) is -0.00118. The van der Waals surface area contributed by atoms with Gasteiger partial charge in [-0.25, -0.2) is 4.79 Å². The van der Waals surface area contributed by atoms with Crippen molar-refractivity contribution in [1.29, 1.82) is 0 Å². The summed E-state index contributed by atoms with van der Waals surface area (Å²) in [5.74, 6) is -1.20. The van der Waals surface area contributed by atoms with Crippen molar-refractivity contribution in [2.75, 3.05) is 11.9 Å². The number of nitro groups is 1. The van der Waals surface area contributed by atoms with Gasteiger partial charge in [0.25, 0.3) is 5.69 Å². The number of non-ortho nitro benzene ring substituents is 1. The van der Waals surface area contributed by atoms with Crippen LogP contribution in [0.3, 0.4) is 0 Å². The van der Waals surface area contributed by atoms with Crippen LogP contribution in [0.15, 0.2) is 30.9 Å². The van der Waals surface area contributed by atoms with Gasteiger partial charge in [-0.15, -0.1) is 6.58 Å². The lowest BCUT2D eigenvalue weighted by molar-refractivity contribution is -0.384. The van der Waals surface area contributed by atoms with Crippen molar-refractivity contribution in [1.82, 2.24) is 0 Å². The van der Waals surface area contributed by atoms with Crippen molar-refractivity contribution >= 4 is 17.3 Å². The van der Waals surface area contributed by atoms with E-state index in [1.165, 1.54) is 12.1 Å². The lowest BCUT2D eigenvalue weighted by Gasteiger charge is -2.04. The topological polar surface area (TPSA) is 92.5 Å². The lowest BCUT2D eigenvalue weighted by Crippen LogP contribution is -2.03. The zero-order chi connectivity index (χ0) is 12.1. The van der Waals surface area contributed by atoms with E-state index in [2.05, 4.69) is 11.9 Å². The first-order valence-electron chi connectivity index (χ1n) is 4.42. The highest BCUT2D eigenvalue weighted by atomic mass is 16.6. The van der Waals surface area contributed by atoms with Crippen LogP contribution < -0.4 is 5.32 Å². The van der Waals surface area contributed by atoms with Crippen molar-refractivity contribution in [3.63, 3.8) is 0 Å². The van der Waals surface area contributed by atoms with Crippen molar-refractivity contribution < 1.29 is 14.8 Å². The molecule has 0 unspecified atom stereocenters. The third kappa shape index (κ3) is 2.81. The van der Waals surface area contributed by atoms with Gasteiger partial charge in [0.15, 0.2) is 0 Å². The molecule has 0 bridgehead atoms. The van der Waals surface area contributed by atoms with E-state index in [-0.39, 0.29) is 11.3 Å². The van der Waals surface area contributed by atoms with E-state index in [1.807, 2.05) is 0 Å². The number of anilines is 1. The number of rotatable bonds is 5. The summed E-state index contributed by atoms with van der Waals surface area (Å²) >= 11 is 0. The predicted molar refractivity (Wildman–Crippen MR) is 58.7 cm³/mol. The van der Waals surface area contributed by atoms with Gasteiger partial charge in [-0.3, -0.25) is 10.1 Å². The number of benzene rings is 1. The molecule has 0 aliphatic heterocycles. The number of nitrogens with zero attached hydrogens (tertiary/aromatic N) is 1. The molecule has 0 radical (unpaired) electrons. The number of nitrogens with one attached hydrogen (secondary N) is 1. The number of hydrogen-bond acceptors (Lipinski definition) is 4. The fourth-order valence-corrected chi connectivity index (χ4v) is 1.13. The van der Waals surface area contributed by atoms with Gasteiger partial charge < -0.3 is 10.4 Å². The Morgan fingerprint density at radius 3 is 2.75 bits per heavy atom. The highest BCUT2D eigenvalue weighted by Crippen LogP contribution is 2.20. The molecule has 2 N–H and O–H groups in total. The minimum absolute atomic E-state index is 0.124. The van der Waals surface area contributed by atoms with Gasteiger partial charge in [-0.05, 0) is 6.07 Å². The van der Waals surface area contributed by atoms with Gasteiger partial charge in [0, 0.05) is 24.4 Å². The van der Waals surface area contributed by atoms with Gasteiger partial charge in [0.2, 0.25) is 0 Å². The predicted octanol–water partition coefficient (Wildman–Crippen LogP) is 1.89. The molecule has 0 amide bonds. The van der Waals surface area contributed by atoms with Crippen LogP contribution in [0.5, 0.6) is 0 Å². The van der Waals surface area contributed by atoms with Crippen LogP contribution in [0, 0.1) is 10.1 Å². The third-order valence-corrected chi connectivity index (χ3v) is 1.83. The van der Waals surface area contributed by atoms with Crippen molar-refractivity contribution in [2.45, 2.75) is 0 Å². The first-order valence-corrected chi connectivity index (χ1v) is 4.42. The fourth-order valence-electron chi connectivity index (χ4n) is 1.13. The molecule has 1 aromatic carbocycles. The van der Waals surface area contributed by atoms with Crippen LogP contribution in [0.1, 0.15) is 10.4 Å². The maximum Gasteiger partial charge on any atom is 0.336 e. The summed E-state index contributed by atoms with van der Waals surface area (Å²) in [6, 6.07) is 3.62. The van der Waals surface area contributed by atoms with Gasteiger partial charge in [-0.2, -0.15) is 0 Å². The lowest BCUT2D eigenvalue weighted by atomic mass is 10.1. The summed E-state index contributed by atoms with van der Waals surface area (Å²) in [6.45, 7) is 3.88. The second-order valence-electron chi connectivity index (χ2n) is 3.00. The molecule has 1 aromatic rings. The van der Waals surface area contributed by atoms with E-state index in [0.29, 0.717) is 12.2 Å². The molecule has 0 saturated carbocycles. The van der Waals surface area contributed by atoms with Crippen LogP contribution in [-0.4, -0.2) is 22.5 Å². The van der Waals surface area contributed by atoms with Crippen LogP contribution >= 0.6 is 0 Å². The van der Waals surface area contributed by atoms with E-state index in [9.17, 15) is 14.9 Å². The van der Waals surface area contributed by atoms with E-state index in [4.69, 9.17) is 5.11 Å². The first-order chi connectivity index (χ1) is 7.54. The Bertz CT molecular complexity index is 410. The maximum absolute atomic E-state index is 10.7. The van der Waals surface area contributed by atoms with Crippen LogP contribution in [-0.2, 0) is 0 Å². The monoisotopic (exact) mass is 222 g/mol. The Kier molecular flexibility index (Phi) is 3.60. The number of carbonyl (C=O) groups is 1. The molecular formula is C10H10N2O4. The summed E-state index contributed by atoms with van der Waals surface area (Å²) in [6.07, 6.45) is 1.57. The average Bonchev–Trinajstić information content (AvgIpc) is 2.25. The maximum atomic E-state index is 10.7. The second-order valence-corrected chi connectivity index (χ2v) is 3.00. The molecular weight excluding hydrogens is 212 g/mol. The molecule has 6 heteroatoms.